The smallest absolute Gasteiger partial charge is 0.119 e. The third-order valence-corrected chi connectivity index (χ3v) is 2.60. The Balaban J connectivity index is 3.95. The Morgan fingerprint density at radius 3 is 2.50 bits per heavy atom. The minimum Gasteiger partial charge on any atom is -0.385 e. The molecule has 0 bridgehead atoms. The predicted octanol–water partition coefficient (Wildman–Crippen LogP) is 3.36. The summed E-state index contributed by atoms with van der Waals surface area (Å²) in [4.78, 5) is 0. The van der Waals surface area contributed by atoms with Crippen molar-refractivity contribution in [2.24, 2.45) is 0 Å². The van der Waals surface area contributed by atoms with Crippen molar-refractivity contribution in [2.45, 2.75) is 64.6 Å². The lowest BCUT2D eigenvalue weighted by atomic mass is 10.0. The number of hydrogen-bond acceptors (Lipinski definition) is 2. The summed E-state index contributed by atoms with van der Waals surface area (Å²) in [7, 11) is 1.69. The van der Waals surface area contributed by atoms with Crippen LogP contribution in [0.5, 0.6) is 0 Å². The first kappa shape index (κ1) is 15.5. The van der Waals surface area contributed by atoms with Crippen LogP contribution in [0.1, 0.15) is 52.9 Å². The topological polar surface area (TPSA) is 18.5 Å². The zero-order valence-electron chi connectivity index (χ0n) is 11.1. The molecule has 1 unspecified atom stereocenters. The van der Waals surface area contributed by atoms with Crippen LogP contribution in [0.2, 0.25) is 0 Å². The van der Waals surface area contributed by atoms with Gasteiger partial charge in [0, 0.05) is 13.7 Å². The number of methoxy groups -OCH3 is 1. The third-order valence-electron chi connectivity index (χ3n) is 2.60. The van der Waals surface area contributed by atoms with Gasteiger partial charge in [-0.05, 0) is 39.5 Å². The Morgan fingerprint density at radius 1 is 1.31 bits per heavy atom. The van der Waals surface area contributed by atoms with Crippen LogP contribution in [0, 0.1) is 12.3 Å². The van der Waals surface area contributed by atoms with Crippen LogP contribution >= 0.6 is 0 Å². The summed E-state index contributed by atoms with van der Waals surface area (Å²) < 4.78 is 10.9. The standard InChI is InChI=1S/C14H25O2/c1-6-8-9-10-13(7-2)16-14(3,4)11-12-15-5/h13H,6,8-12H2,1,3-5H3. The fraction of sp³-hybridized carbons (Fsp3) is 0.857. The third kappa shape index (κ3) is 7.73. The molecular formula is C14H25O2. The molecule has 0 N–H and O–H groups in total. The van der Waals surface area contributed by atoms with Gasteiger partial charge in [0.15, 0.2) is 0 Å². The van der Waals surface area contributed by atoms with Crippen LogP contribution in [0.3, 0.4) is 0 Å². The van der Waals surface area contributed by atoms with E-state index >= 15 is 0 Å². The van der Waals surface area contributed by atoms with E-state index in [0.29, 0.717) is 6.61 Å². The Kier molecular flexibility index (Phi) is 8.33. The van der Waals surface area contributed by atoms with E-state index in [0.717, 1.165) is 19.3 Å². The summed E-state index contributed by atoms with van der Waals surface area (Å²) in [5.41, 5.74) is -0.235. The van der Waals surface area contributed by atoms with Crippen LogP contribution in [0.25, 0.3) is 0 Å². The molecule has 0 aromatic carbocycles. The van der Waals surface area contributed by atoms with Gasteiger partial charge < -0.3 is 9.47 Å². The van der Waals surface area contributed by atoms with Gasteiger partial charge in [-0.15, -0.1) is 0 Å². The zero-order valence-corrected chi connectivity index (χ0v) is 11.1. The maximum Gasteiger partial charge on any atom is 0.119 e. The Labute approximate surface area is 101 Å². The van der Waals surface area contributed by atoms with E-state index in [1.807, 2.05) is 13.8 Å². The fourth-order valence-electron chi connectivity index (χ4n) is 1.53. The summed E-state index contributed by atoms with van der Waals surface area (Å²) in [5.74, 6) is 2.48. The van der Waals surface area contributed by atoms with Crippen LogP contribution < -0.4 is 0 Å². The van der Waals surface area contributed by atoms with E-state index in [1.54, 1.807) is 7.11 Å². The molecule has 93 valence electrons. The summed E-state index contributed by atoms with van der Waals surface area (Å²) in [6, 6.07) is 0. The molecule has 0 fully saturated rings. The molecule has 0 aliphatic rings. The maximum atomic E-state index is 7.25. The van der Waals surface area contributed by atoms with Crippen molar-refractivity contribution >= 4 is 0 Å². The van der Waals surface area contributed by atoms with E-state index in [1.165, 1.54) is 12.8 Å². The molecule has 0 aliphatic carbocycles. The van der Waals surface area contributed by atoms with Crippen LogP contribution in [-0.2, 0) is 9.47 Å². The monoisotopic (exact) mass is 225 g/mol. The van der Waals surface area contributed by atoms with Gasteiger partial charge in [0.1, 0.15) is 6.10 Å². The molecule has 0 aromatic rings. The lowest BCUT2D eigenvalue weighted by Crippen LogP contribution is -2.31. The molecule has 0 spiro atoms. The highest BCUT2D eigenvalue weighted by atomic mass is 16.5. The van der Waals surface area contributed by atoms with E-state index < -0.39 is 0 Å². The summed E-state index contributed by atoms with van der Waals surface area (Å²) in [6.45, 7) is 6.94. The minimum absolute atomic E-state index is 0.168. The van der Waals surface area contributed by atoms with Gasteiger partial charge >= 0.3 is 0 Å². The van der Waals surface area contributed by atoms with Crippen molar-refractivity contribution in [1.82, 2.24) is 0 Å². The average Bonchev–Trinajstić information content (AvgIpc) is 2.25. The van der Waals surface area contributed by atoms with Crippen molar-refractivity contribution in [2.75, 3.05) is 13.7 Å². The molecule has 2 heteroatoms. The predicted molar refractivity (Wildman–Crippen MR) is 66.7 cm³/mol. The number of ether oxygens (including phenoxy) is 2. The molecule has 0 aromatic heterocycles. The van der Waals surface area contributed by atoms with Gasteiger partial charge in [0.05, 0.1) is 5.60 Å². The summed E-state index contributed by atoms with van der Waals surface area (Å²) in [5, 5.41) is 0. The molecule has 1 radical (unpaired) electrons. The van der Waals surface area contributed by atoms with Gasteiger partial charge in [-0.3, -0.25) is 0 Å². The highest BCUT2D eigenvalue weighted by molar-refractivity contribution is 4.90. The van der Waals surface area contributed by atoms with Crippen molar-refractivity contribution in [3.05, 3.63) is 6.42 Å². The highest BCUT2D eigenvalue weighted by Crippen LogP contribution is 2.19. The van der Waals surface area contributed by atoms with Crippen molar-refractivity contribution in [3.63, 3.8) is 0 Å². The molecule has 0 rings (SSSR count). The quantitative estimate of drug-likeness (QED) is 0.442. The molecule has 0 amide bonds. The first-order valence-corrected chi connectivity index (χ1v) is 6.14. The van der Waals surface area contributed by atoms with Gasteiger partial charge in [-0.1, -0.05) is 25.7 Å². The van der Waals surface area contributed by atoms with E-state index in [2.05, 4.69) is 12.8 Å². The highest BCUT2D eigenvalue weighted by Gasteiger charge is 2.22. The van der Waals surface area contributed by atoms with E-state index in [-0.39, 0.29) is 11.7 Å². The van der Waals surface area contributed by atoms with Crippen LogP contribution in [-0.4, -0.2) is 25.4 Å². The SMILES string of the molecule is [C]#CC(CCCCC)OC(C)(C)CCOC. The fourth-order valence-corrected chi connectivity index (χ4v) is 1.53. The van der Waals surface area contributed by atoms with Gasteiger partial charge in [-0.2, -0.15) is 0 Å². The zero-order chi connectivity index (χ0) is 12.4. The molecule has 1 atom stereocenters. The lowest BCUT2D eigenvalue weighted by Gasteiger charge is -2.28. The summed E-state index contributed by atoms with van der Waals surface area (Å²) >= 11 is 0. The normalized spacial score (nSPS) is 13.4. The Hall–Kier alpha value is -0.520. The molecule has 0 aliphatic heterocycles. The number of rotatable bonds is 9. The largest absolute Gasteiger partial charge is 0.385 e. The van der Waals surface area contributed by atoms with Gasteiger partial charge in [0.25, 0.3) is 0 Å². The number of unbranched alkanes of at least 4 members (excludes halogenated alkanes) is 2. The van der Waals surface area contributed by atoms with Gasteiger partial charge in [0.2, 0.25) is 0 Å². The first-order valence-electron chi connectivity index (χ1n) is 6.14. The molecular weight excluding hydrogens is 200 g/mol. The minimum atomic E-state index is -0.235. The second kappa shape index (κ2) is 8.61. The van der Waals surface area contributed by atoms with Gasteiger partial charge in [-0.25, -0.2) is 0 Å². The van der Waals surface area contributed by atoms with Crippen LogP contribution in [0.4, 0.5) is 0 Å². The molecule has 2 nitrogen and oxygen atoms in total. The maximum absolute atomic E-state index is 7.25. The molecule has 0 heterocycles. The van der Waals surface area contributed by atoms with E-state index in [4.69, 9.17) is 15.9 Å². The lowest BCUT2D eigenvalue weighted by molar-refractivity contribution is -0.0652. The van der Waals surface area contributed by atoms with Crippen molar-refractivity contribution in [3.8, 4) is 5.92 Å². The Morgan fingerprint density at radius 2 is 2.00 bits per heavy atom. The number of hydrogen-bond donors (Lipinski definition) is 0. The van der Waals surface area contributed by atoms with Crippen molar-refractivity contribution < 1.29 is 9.47 Å². The second-order valence-corrected chi connectivity index (χ2v) is 4.75. The summed E-state index contributed by atoms with van der Waals surface area (Å²) in [6.07, 6.45) is 12.3. The molecule has 0 saturated heterocycles. The molecule has 16 heavy (non-hydrogen) atoms. The van der Waals surface area contributed by atoms with Crippen LogP contribution in [0.15, 0.2) is 0 Å². The average molecular weight is 225 g/mol. The first-order chi connectivity index (χ1) is 7.55. The van der Waals surface area contributed by atoms with E-state index in [9.17, 15) is 0 Å². The Bertz CT molecular complexity index is 203. The second-order valence-electron chi connectivity index (χ2n) is 4.75. The molecule has 0 saturated carbocycles. The van der Waals surface area contributed by atoms with Crippen molar-refractivity contribution in [1.29, 1.82) is 0 Å².